The summed E-state index contributed by atoms with van der Waals surface area (Å²) in [6.45, 7) is 0.157. The highest BCUT2D eigenvalue weighted by Gasteiger charge is 2.09. The summed E-state index contributed by atoms with van der Waals surface area (Å²) in [5.74, 6) is 0.0384. The SMILES string of the molecule is COc1ccccc1CCNC(=O)COC(=O)Cc1ccc(-c2ccccc2)cc1. The number of ether oxygens (including phenoxy) is 2. The van der Waals surface area contributed by atoms with Crippen LogP contribution in [0.15, 0.2) is 78.9 Å². The standard InChI is InChI=1S/C25H25NO4/c1-29-23-10-6-5-9-22(23)15-16-26-24(27)18-30-25(28)17-19-11-13-21(14-12-19)20-7-3-2-4-8-20/h2-14H,15-18H2,1H3,(H,26,27). The molecule has 5 nitrogen and oxygen atoms in total. The van der Waals surface area contributed by atoms with E-state index in [1.165, 1.54) is 0 Å². The van der Waals surface area contributed by atoms with Crippen molar-refractivity contribution in [2.75, 3.05) is 20.3 Å². The summed E-state index contributed by atoms with van der Waals surface area (Å²) < 4.78 is 10.4. The molecule has 0 radical (unpaired) electrons. The van der Waals surface area contributed by atoms with E-state index >= 15 is 0 Å². The van der Waals surface area contributed by atoms with Gasteiger partial charge in [0.1, 0.15) is 5.75 Å². The lowest BCUT2D eigenvalue weighted by molar-refractivity contribution is -0.147. The van der Waals surface area contributed by atoms with Crippen LogP contribution in [0.4, 0.5) is 0 Å². The van der Waals surface area contributed by atoms with Crippen LogP contribution in [-0.2, 0) is 27.2 Å². The molecule has 0 saturated heterocycles. The minimum atomic E-state index is -0.428. The Bertz CT molecular complexity index is 968. The number of para-hydroxylation sites is 1. The summed E-state index contributed by atoms with van der Waals surface area (Å²) in [7, 11) is 1.62. The lowest BCUT2D eigenvalue weighted by atomic mass is 10.0. The minimum absolute atomic E-state index is 0.129. The van der Waals surface area contributed by atoms with Gasteiger partial charge >= 0.3 is 5.97 Å². The van der Waals surface area contributed by atoms with Gasteiger partial charge in [0.05, 0.1) is 13.5 Å². The van der Waals surface area contributed by atoms with E-state index < -0.39 is 5.97 Å². The highest BCUT2D eigenvalue weighted by molar-refractivity contribution is 5.81. The van der Waals surface area contributed by atoms with Gasteiger partial charge in [0.25, 0.3) is 5.91 Å². The first-order valence-electron chi connectivity index (χ1n) is 9.84. The van der Waals surface area contributed by atoms with E-state index in [-0.39, 0.29) is 18.9 Å². The number of benzene rings is 3. The zero-order valence-corrected chi connectivity index (χ0v) is 17.0. The molecular weight excluding hydrogens is 378 g/mol. The molecule has 0 spiro atoms. The van der Waals surface area contributed by atoms with Crippen LogP contribution in [0.5, 0.6) is 5.75 Å². The number of amides is 1. The lowest BCUT2D eigenvalue weighted by Gasteiger charge is -2.09. The molecule has 3 rings (SSSR count). The van der Waals surface area contributed by atoms with Gasteiger partial charge < -0.3 is 14.8 Å². The number of esters is 1. The van der Waals surface area contributed by atoms with Gasteiger partial charge in [0.15, 0.2) is 6.61 Å². The minimum Gasteiger partial charge on any atom is -0.496 e. The first kappa shape index (κ1) is 21.1. The summed E-state index contributed by atoms with van der Waals surface area (Å²) in [5.41, 5.74) is 4.06. The molecule has 1 amide bonds. The fourth-order valence-electron chi connectivity index (χ4n) is 3.11. The highest BCUT2D eigenvalue weighted by atomic mass is 16.5. The van der Waals surface area contributed by atoms with Gasteiger partial charge in [-0.25, -0.2) is 0 Å². The van der Waals surface area contributed by atoms with E-state index in [1.807, 2.05) is 78.9 Å². The number of hydrogen-bond donors (Lipinski definition) is 1. The van der Waals surface area contributed by atoms with Gasteiger partial charge in [-0.15, -0.1) is 0 Å². The van der Waals surface area contributed by atoms with Crippen molar-refractivity contribution in [3.63, 3.8) is 0 Å². The second kappa shape index (κ2) is 10.8. The number of hydrogen-bond acceptors (Lipinski definition) is 4. The summed E-state index contributed by atoms with van der Waals surface area (Å²) >= 11 is 0. The van der Waals surface area contributed by atoms with Gasteiger partial charge in [0.2, 0.25) is 0 Å². The van der Waals surface area contributed by atoms with Crippen molar-refractivity contribution in [2.24, 2.45) is 0 Å². The molecule has 30 heavy (non-hydrogen) atoms. The Morgan fingerprint density at radius 1 is 0.833 bits per heavy atom. The van der Waals surface area contributed by atoms with E-state index in [4.69, 9.17) is 9.47 Å². The average molecular weight is 403 g/mol. The van der Waals surface area contributed by atoms with Crippen LogP contribution < -0.4 is 10.1 Å². The third-order valence-corrected chi connectivity index (χ3v) is 4.68. The van der Waals surface area contributed by atoms with Crippen LogP contribution in [0.2, 0.25) is 0 Å². The molecule has 0 aliphatic carbocycles. The molecule has 154 valence electrons. The predicted molar refractivity (Wildman–Crippen MR) is 116 cm³/mol. The van der Waals surface area contributed by atoms with Crippen LogP contribution in [0.25, 0.3) is 11.1 Å². The topological polar surface area (TPSA) is 64.6 Å². The molecule has 0 aliphatic rings. The first-order chi connectivity index (χ1) is 14.7. The zero-order chi connectivity index (χ0) is 21.2. The summed E-state index contributed by atoms with van der Waals surface area (Å²) in [5, 5.41) is 2.76. The molecule has 5 heteroatoms. The van der Waals surface area contributed by atoms with Gasteiger partial charge in [-0.05, 0) is 34.7 Å². The third kappa shape index (κ3) is 6.21. The molecule has 0 unspecified atom stereocenters. The van der Waals surface area contributed by atoms with Crippen molar-refractivity contribution in [1.29, 1.82) is 0 Å². The molecule has 3 aromatic carbocycles. The Balaban J connectivity index is 1.39. The first-order valence-corrected chi connectivity index (χ1v) is 9.84. The maximum absolute atomic E-state index is 12.0. The summed E-state index contributed by atoms with van der Waals surface area (Å²) in [6.07, 6.45) is 0.765. The Kier molecular flexibility index (Phi) is 7.61. The number of rotatable bonds is 9. The summed E-state index contributed by atoms with van der Waals surface area (Å²) in [4.78, 5) is 24.0. The van der Waals surface area contributed by atoms with Crippen molar-refractivity contribution in [1.82, 2.24) is 5.32 Å². The predicted octanol–water partition coefficient (Wildman–Crippen LogP) is 3.81. The van der Waals surface area contributed by atoms with Crippen molar-refractivity contribution >= 4 is 11.9 Å². The fourth-order valence-corrected chi connectivity index (χ4v) is 3.11. The van der Waals surface area contributed by atoms with Gasteiger partial charge in [0, 0.05) is 6.54 Å². The van der Waals surface area contributed by atoms with Crippen molar-refractivity contribution in [2.45, 2.75) is 12.8 Å². The fraction of sp³-hybridized carbons (Fsp3) is 0.200. The highest BCUT2D eigenvalue weighted by Crippen LogP contribution is 2.19. The molecule has 0 bridgehead atoms. The average Bonchev–Trinajstić information content (AvgIpc) is 2.79. The largest absolute Gasteiger partial charge is 0.496 e. The molecular formula is C25H25NO4. The molecule has 0 aromatic heterocycles. The molecule has 3 aromatic rings. The molecule has 0 aliphatic heterocycles. The second-order valence-corrected chi connectivity index (χ2v) is 6.81. The van der Waals surface area contributed by atoms with Gasteiger partial charge in [-0.1, -0.05) is 72.8 Å². The Morgan fingerprint density at radius 3 is 2.23 bits per heavy atom. The van der Waals surface area contributed by atoms with Crippen molar-refractivity contribution < 1.29 is 19.1 Å². The monoisotopic (exact) mass is 403 g/mol. The number of methoxy groups -OCH3 is 1. The Hall–Kier alpha value is -3.60. The lowest BCUT2D eigenvalue weighted by Crippen LogP contribution is -2.30. The second-order valence-electron chi connectivity index (χ2n) is 6.81. The third-order valence-electron chi connectivity index (χ3n) is 4.68. The number of carbonyl (C=O) groups is 2. The zero-order valence-electron chi connectivity index (χ0n) is 17.0. The van der Waals surface area contributed by atoms with E-state index in [9.17, 15) is 9.59 Å². The quantitative estimate of drug-likeness (QED) is 0.552. The Morgan fingerprint density at radius 2 is 1.50 bits per heavy atom. The normalized spacial score (nSPS) is 10.3. The van der Waals surface area contributed by atoms with Crippen LogP contribution in [0, 0.1) is 0 Å². The molecule has 1 N–H and O–H groups in total. The number of carbonyl (C=O) groups excluding carboxylic acids is 2. The summed E-state index contributed by atoms with van der Waals surface area (Å²) in [6, 6.07) is 25.4. The van der Waals surface area contributed by atoms with Crippen LogP contribution in [0.3, 0.4) is 0 Å². The van der Waals surface area contributed by atoms with E-state index in [0.717, 1.165) is 28.0 Å². The maximum Gasteiger partial charge on any atom is 0.310 e. The van der Waals surface area contributed by atoms with Crippen LogP contribution in [0.1, 0.15) is 11.1 Å². The molecule has 0 atom stereocenters. The van der Waals surface area contributed by atoms with Gasteiger partial charge in [-0.3, -0.25) is 9.59 Å². The maximum atomic E-state index is 12.0. The van der Waals surface area contributed by atoms with Crippen LogP contribution in [-0.4, -0.2) is 32.1 Å². The molecule has 0 fully saturated rings. The van der Waals surface area contributed by atoms with Crippen molar-refractivity contribution in [3.8, 4) is 16.9 Å². The van der Waals surface area contributed by atoms with Gasteiger partial charge in [-0.2, -0.15) is 0 Å². The molecule has 0 saturated carbocycles. The number of nitrogens with one attached hydrogen (secondary N) is 1. The van der Waals surface area contributed by atoms with E-state index in [1.54, 1.807) is 7.11 Å². The smallest absolute Gasteiger partial charge is 0.310 e. The van der Waals surface area contributed by atoms with E-state index in [2.05, 4.69) is 5.32 Å². The van der Waals surface area contributed by atoms with Crippen LogP contribution >= 0.6 is 0 Å². The molecule has 0 heterocycles. The van der Waals surface area contributed by atoms with Crippen molar-refractivity contribution in [3.05, 3.63) is 90.0 Å². The Labute approximate surface area is 176 Å². The van der Waals surface area contributed by atoms with E-state index in [0.29, 0.717) is 13.0 Å².